The second-order valence-electron chi connectivity index (χ2n) is 4.90. The summed E-state index contributed by atoms with van der Waals surface area (Å²) < 4.78 is 15.2. The van der Waals surface area contributed by atoms with Gasteiger partial charge in [0.15, 0.2) is 6.61 Å². The van der Waals surface area contributed by atoms with Crippen LogP contribution in [-0.4, -0.2) is 32.7 Å². The first-order valence-electron chi connectivity index (χ1n) is 7.34. The number of rotatable bonds is 7. The third-order valence-electron chi connectivity index (χ3n) is 3.30. The fraction of sp³-hybridized carbons (Fsp3) is 0.222. The number of para-hydroxylation sites is 1. The summed E-state index contributed by atoms with van der Waals surface area (Å²) in [5, 5.41) is 2.75. The largest absolute Gasteiger partial charge is 0.497 e. The van der Waals surface area contributed by atoms with Gasteiger partial charge in [-0.05, 0) is 29.8 Å². The van der Waals surface area contributed by atoms with Crippen LogP contribution in [0.2, 0.25) is 0 Å². The number of esters is 1. The molecule has 0 atom stereocenters. The van der Waals surface area contributed by atoms with Gasteiger partial charge in [0.2, 0.25) is 0 Å². The molecular weight excluding hydrogens is 310 g/mol. The van der Waals surface area contributed by atoms with E-state index in [4.69, 9.17) is 9.47 Å². The number of nitrogens with one attached hydrogen (secondary N) is 1. The van der Waals surface area contributed by atoms with Crippen molar-refractivity contribution in [2.45, 2.75) is 6.54 Å². The molecule has 0 fully saturated rings. The number of benzene rings is 2. The molecule has 2 rings (SSSR count). The second kappa shape index (κ2) is 8.57. The van der Waals surface area contributed by atoms with Crippen molar-refractivity contribution in [2.24, 2.45) is 0 Å². The zero-order valence-corrected chi connectivity index (χ0v) is 13.6. The second-order valence-corrected chi connectivity index (χ2v) is 4.90. The van der Waals surface area contributed by atoms with Crippen LogP contribution in [0.3, 0.4) is 0 Å². The summed E-state index contributed by atoms with van der Waals surface area (Å²) in [4.78, 5) is 23.5. The third kappa shape index (κ3) is 4.74. The fourth-order valence-corrected chi connectivity index (χ4v) is 2.01. The highest BCUT2D eigenvalue weighted by Gasteiger charge is 2.13. The number of methoxy groups -OCH3 is 2. The first-order valence-corrected chi connectivity index (χ1v) is 7.34. The van der Waals surface area contributed by atoms with Crippen molar-refractivity contribution in [3.05, 3.63) is 59.7 Å². The highest BCUT2D eigenvalue weighted by molar-refractivity contribution is 5.92. The molecular formula is C18H19NO5. The smallest absolute Gasteiger partial charge is 0.341 e. The molecule has 6 nitrogen and oxygen atoms in total. The molecule has 0 radical (unpaired) electrons. The van der Waals surface area contributed by atoms with Gasteiger partial charge in [-0.15, -0.1) is 0 Å². The topological polar surface area (TPSA) is 73.9 Å². The van der Waals surface area contributed by atoms with Gasteiger partial charge in [-0.3, -0.25) is 4.79 Å². The molecule has 0 saturated heterocycles. The van der Waals surface area contributed by atoms with Crippen molar-refractivity contribution in [1.82, 2.24) is 5.32 Å². The van der Waals surface area contributed by atoms with E-state index in [1.54, 1.807) is 31.4 Å². The molecule has 0 heterocycles. The number of hydrogen-bond donors (Lipinski definition) is 1. The van der Waals surface area contributed by atoms with Crippen LogP contribution in [0, 0.1) is 0 Å². The Balaban J connectivity index is 1.86. The fourth-order valence-electron chi connectivity index (χ4n) is 2.01. The molecule has 1 N–H and O–H groups in total. The SMILES string of the molecule is COC(=O)c1ccccc1OCC(=O)NCc1ccc(OC)cc1. The molecule has 0 spiro atoms. The Morgan fingerprint density at radius 3 is 2.38 bits per heavy atom. The quantitative estimate of drug-likeness (QED) is 0.788. The van der Waals surface area contributed by atoms with Gasteiger partial charge in [-0.25, -0.2) is 4.79 Å². The summed E-state index contributed by atoms with van der Waals surface area (Å²) >= 11 is 0. The van der Waals surface area contributed by atoms with Crippen LogP contribution in [0.5, 0.6) is 11.5 Å². The van der Waals surface area contributed by atoms with Crippen LogP contribution in [0.4, 0.5) is 0 Å². The standard InChI is InChI=1S/C18H19NO5/c1-22-14-9-7-13(8-10-14)11-19-17(20)12-24-16-6-4-3-5-15(16)18(21)23-2/h3-10H,11-12H2,1-2H3,(H,19,20). The zero-order valence-electron chi connectivity index (χ0n) is 13.6. The van der Waals surface area contributed by atoms with Crippen molar-refractivity contribution in [1.29, 1.82) is 0 Å². The monoisotopic (exact) mass is 329 g/mol. The number of carbonyl (C=O) groups excluding carboxylic acids is 2. The number of amides is 1. The molecule has 0 saturated carbocycles. The van der Waals surface area contributed by atoms with E-state index < -0.39 is 5.97 Å². The van der Waals surface area contributed by atoms with Crippen molar-refractivity contribution in [2.75, 3.05) is 20.8 Å². The van der Waals surface area contributed by atoms with E-state index >= 15 is 0 Å². The average Bonchev–Trinajstić information content (AvgIpc) is 2.64. The predicted molar refractivity (Wildman–Crippen MR) is 88.1 cm³/mol. The number of hydrogen-bond acceptors (Lipinski definition) is 5. The van der Waals surface area contributed by atoms with Crippen molar-refractivity contribution in [3.63, 3.8) is 0 Å². The maximum absolute atomic E-state index is 11.9. The van der Waals surface area contributed by atoms with Gasteiger partial charge in [0.05, 0.1) is 14.2 Å². The summed E-state index contributed by atoms with van der Waals surface area (Å²) in [6.07, 6.45) is 0. The maximum atomic E-state index is 11.9. The summed E-state index contributed by atoms with van der Waals surface area (Å²) in [7, 11) is 2.89. The van der Waals surface area contributed by atoms with Gasteiger partial charge in [0.25, 0.3) is 5.91 Å². The van der Waals surface area contributed by atoms with E-state index in [0.717, 1.165) is 11.3 Å². The van der Waals surface area contributed by atoms with Crippen molar-refractivity contribution < 1.29 is 23.8 Å². The lowest BCUT2D eigenvalue weighted by molar-refractivity contribution is -0.123. The molecule has 1 amide bonds. The lowest BCUT2D eigenvalue weighted by Gasteiger charge is -2.10. The number of ether oxygens (including phenoxy) is 3. The normalized spacial score (nSPS) is 9.92. The van der Waals surface area contributed by atoms with Gasteiger partial charge < -0.3 is 19.5 Å². The molecule has 6 heteroatoms. The van der Waals surface area contributed by atoms with Crippen LogP contribution >= 0.6 is 0 Å². The molecule has 126 valence electrons. The van der Waals surface area contributed by atoms with Gasteiger partial charge in [0.1, 0.15) is 17.1 Å². The van der Waals surface area contributed by atoms with Crippen LogP contribution < -0.4 is 14.8 Å². The van der Waals surface area contributed by atoms with E-state index in [2.05, 4.69) is 10.1 Å². The molecule has 0 aliphatic rings. The van der Waals surface area contributed by atoms with E-state index in [-0.39, 0.29) is 18.1 Å². The maximum Gasteiger partial charge on any atom is 0.341 e. The summed E-state index contributed by atoms with van der Waals surface area (Å²) in [5.74, 6) is 0.270. The van der Waals surface area contributed by atoms with E-state index in [1.807, 2.05) is 24.3 Å². The van der Waals surface area contributed by atoms with Crippen molar-refractivity contribution in [3.8, 4) is 11.5 Å². The number of carbonyl (C=O) groups is 2. The first-order chi connectivity index (χ1) is 11.6. The van der Waals surface area contributed by atoms with Gasteiger partial charge >= 0.3 is 5.97 Å². The van der Waals surface area contributed by atoms with Gasteiger partial charge in [0, 0.05) is 6.54 Å². The Hall–Kier alpha value is -3.02. The van der Waals surface area contributed by atoms with Crippen LogP contribution in [0.25, 0.3) is 0 Å². The van der Waals surface area contributed by atoms with Crippen LogP contribution in [0.1, 0.15) is 15.9 Å². The minimum absolute atomic E-state index is 0.190. The molecule has 0 aliphatic heterocycles. The van der Waals surface area contributed by atoms with E-state index in [0.29, 0.717) is 12.3 Å². The first kappa shape index (κ1) is 17.3. The van der Waals surface area contributed by atoms with Crippen LogP contribution in [0.15, 0.2) is 48.5 Å². The summed E-state index contributed by atoms with van der Waals surface area (Å²) in [6, 6.07) is 14.0. The highest BCUT2D eigenvalue weighted by atomic mass is 16.5. The van der Waals surface area contributed by atoms with Crippen LogP contribution in [-0.2, 0) is 16.1 Å². The Kier molecular flexibility index (Phi) is 6.19. The van der Waals surface area contributed by atoms with E-state index in [1.165, 1.54) is 7.11 Å². The molecule has 0 bridgehead atoms. The lowest BCUT2D eigenvalue weighted by Crippen LogP contribution is -2.28. The van der Waals surface area contributed by atoms with E-state index in [9.17, 15) is 9.59 Å². The molecule has 2 aromatic carbocycles. The molecule has 0 aliphatic carbocycles. The summed E-state index contributed by atoms with van der Waals surface area (Å²) in [5.41, 5.74) is 1.22. The molecule has 0 aromatic heterocycles. The van der Waals surface area contributed by atoms with Gasteiger partial charge in [-0.1, -0.05) is 24.3 Å². The average molecular weight is 329 g/mol. The Bertz CT molecular complexity index is 697. The minimum Gasteiger partial charge on any atom is -0.497 e. The highest BCUT2D eigenvalue weighted by Crippen LogP contribution is 2.18. The summed E-state index contributed by atoms with van der Waals surface area (Å²) in [6.45, 7) is 0.189. The third-order valence-corrected chi connectivity index (χ3v) is 3.30. The zero-order chi connectivity index (χ0) is 17.4. The van der Waals surface area contributed by atoms with Gasteiger partial charge in [-0.2, -0.15) is 0 Å². The Labute approximate surface area is 140 Å². The predicted octanol–water partition coefficient (Wildman–Crippen LogP) is 2.18. The Morgan fingerprint density at radius 1 is 1.00 bits per heavy atom. The lowest BCUT2D eigenvalue weighted by atomic mass is 10.2. The molecule has 24 heavy (non-hydrogen) atoms. The molecule has 0 unspecified atom stereocenters. The van der Waals surface area contributed by atoms with Crippen molar-refractivity contribution >= 4 is 11.9 Å². The Morgan fingerprint density at radius 2 is 1.71 bits per heavy atom. The minimum atomic E-state index is -0.510. The molecule has 2 aromatic rings.